The average molecular weight is 274 g/mol. The normalized spacial score (nSPS) is 18.2. The molecule has 1 aliphatic heterocycles. The molecule has 1 unspecified atom stereocenters. The first kappa shape index (κ1) is 14.8. The fraction of sp³-hybridized carbons (Fsp3) is 0.562. The van der Waals surface area contributed by atoms with Gasteiger partial charge in [-0.1, -0.05) is 13.0 Å². The Morgan fingerprint density at radius 2 is 2.35 bits per heavy atom. The Balaban J connectivity index is 2.01. The summed E-state index contributed by atoms with van der Waals surface area (Å²) < 4.78 is 11.0. The molecule has 1 aromatic rings. The Labute approximate surface area is 120 Å². The second kappa shape index (κ2) is 7.28. The minimum absolute atomic E-state index is 0.371. The van der Waals surface area contributed by atoms with E-state index in [1.165, 1.54) is 12.0 Å². The van der Waals surface area contributed by atoms with E-state index in [4.69, 9.17) is 14.7 Å². The van der Waals surface area contributed by atoms with Crippen LogP contribution in [-0.4, -0.2) is 37.8 Å². The molecule has 1 atom stereocenters. The summed E-state index contributed by atoms with van der Waals surface area (Å²) in [5, 5.41) is 9.00. The molecule has 1 aliphatic rings. The van der Waals surface area contributed by atoms with Crippen LogP contribution in [0.3, 0.4) is 0 Å². The molecule has 2 rings (SSSR count). The van der Waals surface area contributed by atoms with Crippen LogP contribution in [0.2, 0.25) is 0 Å². The molecule has 0 N–H and O–H groups in total. The van der Waals surface area contributed by atoms with Gasteiger partial charge in [-0.05, 0) is 37.1 Å². The Hall–Kier alpha value is -1.57. The highest BCUT2D eigenvalue weighted by atomic mass is 16.5. The van der Waals surface area contributed by atoms with Gasteiger partial charge in [-0.2, -0.15) is 5.26 Å². The van der Waals surface area contributed by atoms with E-state index in [0.29, 0.717) is 17.4 Å². The molecule has 0 radical (unpaired) electrons. The smallest absolute Gasteiger partial charge is 0.136 e. The predicted octanol–water partition coefficient (Wildman–Crippen LogP) is 2.57. The van der Waals surface area contributed by atoms with Crippen LogP contribution in [0, 0.1) is 11.3 Å². The maximum Gasteiger partial charge on any atom is 0.136 e. The van der Waals surface area contributed by atoms with Crippen LogP contribution in [0.15, 0.2) is 18.2 Å². The summed E-state index contributed by atoms with van der Waals surface area (Å²) in [7, 11) is 1.60. The number of benzene rings is 1. The molecule has 0 bridgehead atoms. The number of likely N-dealkylation sites (N-methyl/N-ethyl adjacent to an activating group) is 1. The van der Waals surface area contributed by atoms with Gasteiger partial charge in [0, 0.05) is 19.7 Å². The van der Waals surface area contributed by atoms with E-state index in [0.717, 1.165) is 32.7 Å². The molecule has 0 saturated carbocycles. The second-order valence-corrected chi connectivity index (χ2v) is 5.11. The summed E-state index contributed by atoms with van der Waals surface area (Å²) >= 11 is 0. The van der Waals surface area contributed by atoms with E-state index in [9.17, 15) is 0 Å². The van der Waals surface area contributed by atoms with Gasteiger partial charge in [0.1, 0.15) is 11.8 Å². The highest BCUT2D eigenvalue weighted by molar-refractivity contribution is 5.45. The number of hydrogen-bond donors (Lipinski definition) is 0. The van der Waals surface area contributed by atoms with Gasteiger partial charge in [-0.15, -0.1) is 0 Å². The predicted molar refractivity (Wildman–Crippen MR) is 77.6 cm³/mol. The van der Waals surface area contributed by atoms with Gasteiger partial charge in [-0.25, -0.2) is 0 Å². The van der Waals surface area contributed by atoms with Crippen LogP contribution in [-0.2, 0) is 11.3 Å². The van der Waals surface area contributed by atoms with Crippen molar-refractivity contribution in [3.8, 4) is 11.8 Å². The number of ether oxygens (including phenoxy) is 2. The van der Waals surface area contributed by atoms with Crippen LogP contribution < -0.4 is 4.74 Å². The maximum atomic E-state index is 9.00. The third kappa shape index (κ3) is 3.72. The SMILES string of the molecule is CCN(Cc1ccc(C#N)c(OC)c1)CC1CCCO1. The van der Waals surface area contributed by atoms with E-state index >= 15 is 0 Å². The zero-order valence-corrected chi connectivity index (χ0v) is 12.3. The van der Waals surface area contributed by atoms with E-state index in [-0.39, 0.29) is 0 Å². The molecule has 4 nitrogen and oxygen atoms in total. The summed E-state index contributed by atoms with van der Waals surface area (Å²) in [6.07, 6.45) is 2.70. The van der Waals surface area contributed by atoms with E-state index < -0.39 is 0 Å². The van der Waals surface area contributed by atoms with Crippen LogP contribution in [0.1, 0.15) is 30.9 Å². The van der Waals surface area contributed by atoms with Gasteiger partial charge in [0.05, 0.1) is 18.8 Å². The van der Waals surface area contributed by atoms with Gasteiger partial charge < -0.3 is 9.47 Å². The number of nitrogens with zero attached hydrogens (tertiary/aromatic N) is 2. The minimum Gasteiger partial charge on any atom is -0.495 e. The lowest BCUT2D eigenvalue weighted by Gasteiger charge is -2.24. The monoisotopic (exact) mass is 274 g/mol. The Kier molecular flexibility index (Phi) is 5.40. The highest BCUT2D eigenvalue weighted by Crippen LogP contribution is 2.21. The molecule has 20 heavy (non-hydrogen) atoms. The van der Waals surface area contributed by atoms with Crippen molar-refractivity contribution < 1.29 is 9.47 Å². The number of hydrogen-bond acceptors (Lipinski definition) is 4. The van der Waals surface area contributed by atoms with Crippen molar-refractivity contribution in [3.63, 3.8) is 0 Å². The van der Waals surface area contributed by atoms with Gasteiger partial charge in [0.25, 0.3) is 0 Å². The second-order valence-electron chi connectivity index (χ2n) is 5.11. The molecular formula is C16H22N2O2. The molecule has 1 fully saturated rings. The molecule has 0 aromatic heterocycles. The fourth-order valence-corrected chi connectivity index (χ4v) is 2.57. The summed E-state index contributed by atoms with van der Waals surface area (Å²) in [6, 6.07) is 7.92. The quantitative estimate of drug-likeness (QED) is 0.800. The zero-order chi connectivity index (χ0) is 14.4. The first-order valence-corrected chi connectivity index (χ1v) is 7.17. The third-order valence-electron chi connectivity index (χ3n) is 3.73. The molecule has 0 aliphatic carbocycles. The van der Waals surface area contributed by atoms with Crippen LogP contribution in [0.25, 0.3) is 0 Å². The lowest BCUT2D eigenvalue weighted by atomic mass is 10.1. The Morgan fingerprint density at radius 3 is 2.95 bits per heavy atom. The van der Waals surface area contributed by atoms with Crippen molar-refractivity contribution in [2.75, 3.05) is 26.8 Å². The van der Waals surface area contributed by atoms with Crippen molar-refractivity contribution in [1.29, 1.82) is 5.26 Å². The van der Waals surface area contributed by atoms with E-state index in [1.807, 2.05) is 18.2 Å². The first-order valence-electron chi connectivity index (χ1n) is 7.17. The summed E-state index contributed by atoms with van der Waals surface area (Å²) in [5.41, 5.74) is 1.75. The number of rotatable bonds is 6. The van der Waals surface area contributed by atoms with Crippen molar-refractivity contribution in [1.82, 2.24) is 4.90 Å². The highest BCUT2D eigenvalue weighted by Gasteiger charge is 2.18. The van der Waals surface area contributed by atoms with Crippen molar-refractivity contribution in [2.45, 2.75) is 32.4 Å². The standard InChI is InChI=1S/C16H22N2O2/c1-3-18(12-15-5-4-8-20-15)11-13-6-7-14(10-17)16(9-13)19-2/h6-7,9,15H,3-5,8,11-12H2,1-2H3. The molecule has 1 saturated heterocycles. The fourth-order valence-electron chi connectivity index (χ4n) is 2.57. The van der Waals surface area contributed by atoms with Gasteiger partial charge in [-0.3, -0.25) is 4.90 Å². The molecule has 0 amide bonds. The van der Waals surface area contributed by atoms with Crippen molar-refractivity contribution in [2.24, 2.45) is 0 Å². The third-order valence-corrected chi connectivity index (χ3v) is 3.73. The van der Waals surface area contributed by atoms with E-state index in [2.05, 4.69) is 17.9 Å². The first-order chi connectivity index (χ1) is 9.76. The Morgan fingerprint density at radius 1 is 1.50 bits per heavy atom. The summed E-state index contributed by atoms with van der Waals surface area (Å²) in [4.78, 5) is 2.37. The molecule has 4 heteroatoms. The number of nitriles is 1. The summed E-state index contributed by atoms with van der Waals surface area (Å²) in [5.74, 6) is 0.651. The number of methoxy groups -OCH3 is 1. The molecule has 1 aromatic carbocycles. The topological polar surface area (TPSA) is 45.5 Å². The van der Waals surface area contributed by atoms with Gasteiger partial charge in [0.2, 0.25) is 0 Å². The summed E-state index contributed by atoms with van der Waals surface area (Å²) in [6.45, 7) is 5.88. The minimum atomic E-state index is 0.371. The van der Waals surface area contributed by atoms with Crippen LogP contribution in [0.5, 0.6) is 5.75 Å². The molecular weight excluding hydrogens is 252 g/mol. The lowest BCUT2D eigenvalue weighted by molar-refractivity contribution is 0.0725. The maximum absolute atomic E-state index is 9.00. The zero-order valence-electron chi connectivity index (χ0n) is 12.3. The molecule has 0 spiro atoms. The average Bonchev–Trinajstić information content (AvgIpc) is 2.99. The van der Waals surface area contributed by atoms with Gasteiger partial charge in [0.15, 0.2) is 0 Å². The Bertz CT molecular complexity index is 476. The van der Waals surface area contributed by atoms with Crippen molar-refractivity contribution in [3.05, 3.63) is 29.3 Å². The van der Waals surface area contributed by atoms with E-state index in [1.54, 1.807) is 7.11 Å². The molecule has 108 valence electrons. The van der Waals surface area contributed by atoms with Gasteiger partial charge >= 0.3 is 0 Å². The van der Waals surface area contributed by atoms with Crippen LogP contribution >= 0.6 is 0 Å². The van der Waals surface area contributed by atoms with Crippen molar-refractivity contribution >= 4 is 0 Å². The van der Waals surface area contributed by atoms with Crippen LogP contribution in [0.4, 0.5) is 0 Å². The lowest BCUT2D eigenvalue weighted by Crippen LogP contribution is -2.31. The molecule has 1 heterocycles. The largest absolute Gasteiger partial charge is 0.495 e.